The fourth-order valence-electron chi connectivity index (χ4n) is 3.66. The molecule has 1 aliphatic carbocycles. The Morgan fingerprint density at radius 3 is 2.54 bits per heavy atom. The van der Waals surface area contributed by atoms with Gasteiger partial charge in [-0.2, -0.15) is 0 Å². The molecule has 1 N–H and O–H groups in total. The van der Waals surface area contributed by atoms with Gasteiger partial charge < -0.3 is 9.73 Å². The van der Waals surface area contributed by atoms with Crippen LogP contribution in [0.5, 0.6) is 0 Å². The highest BCUT2D eigenvalue weighted by Gasteiger charge is 2.28. The summed E-state index contributed by atoms with van der Waals surface area (Å²) in [4.78, 5) is 12.8. The van der Waals surface area contributed by atoms with Gasteiger partial charge in [-0.3, -0.25) is 4.79 Å². The first-order chi connectivity index (χ1) is 13.5. The smallest absolute Gasteiger partial charge is 0.277 e. The van der Waals surface area contributed by atoms with Crippen LogP contribution in [0.15, 0.2) is 40.0 Å². The summed E-state index contributed by atoms with van der Waals surface area (Å²) in [6, 6.07) is 10.6. The molecule has 1 saturated carbocycles. The van der Waals surface area contributed by atoms with Crippen molar-refractivity contribution in [2.24, 2.45) is 5.92 Å². The highest BCUT2D eigenvalue weighted by atomic mass is 32.2. The molecule has 1 aliphatic rings. The van der Waals surface area contributed by atoms with E-state index >= 15 is 0 Å². The maximum atomic E-state index is 12.8. The monoisotopic (exact) mass is 401 g/mol. The number of carbonyl (C=O) groups is 1. The molecule has 1 aromatic heterocycles. The zero-order chi connectivity index (χ0) is 19.9. The lowest BCUT2D eigenvalue weighted by atomic mass is 9.95. The van der Waals surface area contributed by atoms with Crippen LogP contribution in [-0.2, 0) is 11.2 Å². The molecule has 0 radical (unpaired) electrons. The van der Waals surface area contributed by atoms with Crippen molar-refractivity contribution in [3.63, 3.8) is 0 Å². The van der Waals surface area contributed by atoms with E-state index in [-0.39, 0.29) is 17.1 Å². The van der Waals surface area contributed by atoms with Crippen LogP contribution < -0.4 is 5.32 Å². The standard InChI is InChI=1S/C22H31N3O2S/c1-15(2)20(21(26)23-18-12-8-5-9-13-18)28-22-25-24-19(27-22)14-16(3)17-10-6-4-7-11-17/h4,6-7,10-11,15-16,18,20H,5,8-9,12-14H2,1-3H3,(H,23,26). The van der Waals surface area contributed by atoms with Crippen molar-refractivity contribution in [3.05, 3.63) is 41.8 Å². The van der Waals surface area contributed by atoms with E-state index in [9.17, 15) is 4.79 Å². The Hall–Kier alpha value is -1.82. The summed E-state index contributed by atoms with van der Waals surface area (Å²) >= 11 is 1.38. The maximum absolute atomic E-state index is 12.8. The second-order valence-electron chi connectivity index (χ2n) is 8.10. The summed E-state index contributed by atoms with van der Waals surface area (Å²) in [5.41, 5.74) is 1.25. The Balaban J connectivity index is 1.58. The predicted molar refractivity (Wildman–Crippen MR) is 112 cm³/mol. The molecule has 6 heteroatoms. The normalized spacial score (nSPS) is 17.4. The van der Waals surface area contributed by atoms with Crippen molar-refractivity contribution in [2.45, 2.75) is 81.7 Å². The molecule has 152 valence electrons. The van der Waals surface area contributed by atoms with Gasteiger partial charge >= 0.3 is 0 Å². The molecule has 1 fully saturated rings. The zero-order valence-electron chi connectivity index (χ0n) is 17.1. The average molecular weight is 402 g/mol. The Morgan fingerprint density at radius 1 is 1.14 bits per heavy atom. The van der Waals surface area contributed by atoms with Crippen molar-refractivity contribution in [1.29, 1.82) is 0 Å². The lowest BCUT2D eigenvalue weighted by molar-refractivity contribution is -0.122. The van der Waals surface area contributed by atoms with Gasteiger partial charge in [-0.15, -0.1) is 10.2 Å². The molecule has 1 heterocycles. The molecule has 2 atom stereocenters. The summed E-state index contributed by atoms with van der Waals surface area (Å²) in [6.45, 7) is 6.28. The fourth-order valence-corrected chi connectivity index (χ4v) is 4.56. The first kappa shape index (κ1) is 20.9. The van der Waals surface area contributed by atoms with Crippen LogP contribution in [0.4, 0.5) is 0 Å². The summed E-state index contributed by atoms with van der Waals surface area (Å²) in [5, 5.41) is 11.9. The number of hydrogen-bond acceptors (Lipinski definition) is 5. The van der Waals surface area contributed by atoms with Crippen LogP contribution in [0.2, 0.25) is 0 Å². The molecule has 5 nitrogen and oxygen atoms in total. The number of amides is 1. The number of benzene rings is 1. The van der Waals surface area contributed by atoms with Gasteiger partial charge in [0.1, 0.15) is 0 Å². The van der Waals surface area contributed by atoms with Gasteiger partial charge in [0.05, 0.1) is 5.25 Å². The molecule has 0 saturated heterocycles. The molecule has 0 bridgehead atoms. The quantitative estimate of drug-likeness (QED) is 0.632. The molecule has 28 heavy (non-hydrogen) atoms. The van der Waals surface area contributed by atoms with Crippen LogP contribution in [-0.4, -0.2) is 27.4 Å². The molecule has 3 rings (SSSR count). The number of hydrogen-bond donors (Lipinski definition) is 1. The van der Waals surface area contributed by atoms with Gasteiger partial charge in [-0.1, -0.05) is 82.1 Å². The van der Waals surface area contributed by atoms with E-state index in [0.29, 0.717) is 29.5 Å². The number of carbonyl (C=O) groups excluding carboxylic acids is 1. The van der Waals surface area contributed by atoms with Gasteiger partial charge in [0, 0.05) is 12.5 Å². The second-order valence-corrected chi connectivity index (χ2v) is 9.20. The minimum atomic E-state index is -0.221. The van der Waals surface area contributed by atoms with Crippen LogP contribution in [0.25, 0.3) is 0 Å². The molecule has 2 unspecified atom stereocenters. The summed E-state index contributed by atoms with van der Waals surface area (Å²) in [5.74, 6) is 1.19. The van der Waals surface area contributed by atoms with Gasteiger partial charge in [0.25, 0.3) is 5.22 Å². The third kappa shape index (κ3) is 5.84. The average Bonchev–Trinajstić information content (AvgIpc) is 3.14. The van der Waals surface area contributed by atoms with Gasteiger partial charge in [0.15, 0.2) is 0 Å². The zero-order valence-corrected chi connectivity index (χ0v) is 17.9. The maximum Gasteiger partial charge on any atom is 0.277 e. The number of nitrogens with zero attached hydrogens (tertiary/aromatic N) is 2. The lowest BCUT2D eigenvalue weighted by Gasteiger charge is -2.26. The summed E-state index contributed by atoms with van der Waals surface area (Å²) in [7, 11) is 0. The van der Waals surface area contributed by atoms with Crippen LogP contribution in [0, 0.1) is 5.92 Å². The van der Waals surface area contributed by atoms with Gasteiger partial charge in [-0.05, 0) is 30.2 Å². The first-order valence-corrected chi connectivity index (χ1v) is 11.2. The molecule has 0 spiro atoms. The summed E-state index contributed by atoms with van der Waals surface area (Å²) < 4.78 is 5.86. The minimum Gasteiger partial charge on any atom is -0.416 e. The number of aromatic nitrogens is 2. The number of rotatable bonds is 8. The largest absolute Gasteiger partial charge is 0.416 e. The van der Waals surface area contributed by atoms with Gasteiger partial charge in [0.2, 0.25) is 11.8 Å². The fraction of sp³-hybridized carbons (Fsp3) is 0.591. The van der Waals surface area contributed by atoms with Crippen molar-refractivity contribution in [1.82, 2.24) is 15.5 Å². The lowest BCUT2D eigenvalue weighted by Crippen LogP contribution is -2.42. The molecular weight excluding hydrogens is 370 g/mol. The van der Waals surface area contributed by atoms with E-state index in [2.05, 4.69) is 48.4 Å². The first-order valence-electron chi connectivity index (χ1n) is 10.4. The Bertz CT molecular complexity index is 741. The number of thioether (sulfide) groups is 1. The Labute approximate surface area is 172 Å². The molecule has 0 aliphatic heterocycles. The molecule has 1 aromatic carbocycles. The summed E-state index contributed by atoms with van der Waals surface area (Å²) in [6.07, 6.45) is 6.56. The predicted octanol–water partition coefficient (Wildman–Crippen LogP) is 4.98. The van der Waals surface area contributed by atoms with Crippen molar-refractivity contribution in [2.75, 3.05) is 0 Å². The topological polar surface area (TPSA) is 68.0 Å². The van der Waals surface area contributed by atoms with Crippen LogP contribution >= 0.6 is 11.8 Å². The van der Waals surface area contributed by atoms with Crippen molar-refractivity contribution < 1.29 is 9.21 Å². The van der Waals surface area contributed by atoms with Crippen LogP contribution in [0.1, 0.15) is 70.2 Å². The minimum absolute atomic E-state index is 0.0873. The molecule has 1 amide bonds. The van der Waals surface area contributed by atoms with Crippen molar-refractivity contribution >= 4 is 17.7 Å². The van der Waals surface area contributed by atoms with E-state index in [0.717, 1.165) is 12.8 Å². The van der Waals surface area contributed by atoms with Gasteiger partial charge in [-0.25, -0.2) is 0 Å². The van der Waals surface area contributed by atoms with Crippen molar-refractivity contribution in [3.8, 4) is 0 Å². The highest BCUT2D eigenvalue weighted by molar-refractivity contribution is 8.00. The third-order valence-electron chi connectivity index (χ3n) is 5.34. The van der Waals surface area contributed by atoms with E-state index in [4.69, 9.17) is 4.42 Å². The SMILES string of the molecule is CC(Cc1nnc(SC(C(=O)NC2CCCCC2)C(C)C)o1)c1ccccc1. The second kappa shape index (κ2) is 10.1. The Morgan fingerprint density at radius 2 is 1.86 bits per heavy atom. The van der Waals surface area contributed by atoms with E-state index in [1.165, 1.54) is 36.6 Å². The van der Waals surface area contributed by atoms with E-state index < -0.39 is 0 Å². The highest BCUT2D eigenvalue weighted by Crippen LogP contribution is 2.29. The van der Waals surface area contributed by atoms with Crippen LogP contribution in [0.3, 0.4) is 0 Å². The molecule has 2 aromatic rings. The Kier molecular flexibility index (Phi) is 7.54. The molecular formula is C22H31N3O2S. The third-order valence-corrected chi connectivity index (χ3v) is 6.72. The van der Waals surface area contributed by atoms with E-state index in [1.807, 2.05) is 18.2 Å². The van der Waals surface area contributed by atoms with E-state index in [1.54, 1.807) is 0 Å². The number of nitrogens with one attached hydrogen (secondary N) is 1.